The number of likely N-dealkylation sites (tertiary alicyclic amines) is 1. The number of nitrogens with zero attached hydrogens (tertiary/aromatic N) is 3. The maximum atomic E-state index is 11.8. The molecule has 90 valence electrons. The van der Waals surface area contributed by atoms with Gasteiger partial charge in [0.2, 0.25) is 5.95 Å². The van der Waals surface area contributed by atoms with E-state index in [0.717, 1.165) is 0 Å². The van der Waals surface area contributed by atoms with Gasteiger partial charge >= 0.3 is 12.0 Å². The monoisotopic (exact) mass is 236 g/mol. The Morgan fingerprint density at radius 1 is 1.41 bits per heavy atom. The van der Waals surface area contributed by atoms with Gasteiger partial charge in [-0.05, 0) is 18.9 Å². The standard InChI is InChI=1S/C10H12N4O3/c15-8(16)7-3-1-6-14(7)10(17)13-9-11-4-2-5-12-9/h2,4-5,7H,1,3,6H2,(H,15,16)(H,11,12,13,17)/t7-/m0/s1. The fraction of sp³-hybridized carbons (Fsp3) is 0.400. The zero-order valence-electron chi connectivity index (χ0n) is 9.04. The minimum absolute atomic E-state index is 0.175. The van der Waals surface area contributed by atoms with Crippen LogP contribution >= 0.6 is 0 Å². The summed E-state index contributed by atoms with van der Waals surface area (Å²) in [7, 11) is 0. The lowest BCUT2D eigenvalue weighted by Crippen LogP contribution is -2.43. The van der Waals surface area contributed by atoms with Crippen molar-refractivity contribution >= 4 is 17.9 Å². The second-order valence-corrected chi connectivity index (χ2v) is 3.69. The number of aliphatic carboxylic acids is 1. The smallest absolute Gasteiger partial charge is 0.326 e. The van der Waals surface area contributed by atoms with Gasteiger partial charge in [-0.15, -0.1) is 0 Å². The fourth-order valence-electron chi connectivity index (χ4n) is 1.80. The zero-order valence-corrected chi connectivity index (χ0v) is 9.04. The lowest BCUT2D eigenvalue weighted by atomic mass is 10.2. The van der Waals surface area contributed by atoms with Gasteiger partial charge in [-0.1, -0.05) is 0 Å². The van der Waals surface area contributed by atoms with Crippen LogP contribution in [0.15, 0.2) is 18.5 Å². The Labute approximate surface area is 97.5 Å². The van der Waals surface area contributed by atoms with Gasteiger partial charge in [0.25, 0.3) is 0 Å². The van der Waals surface area contributed by atoms with Crippen molar-refractivity contribution in [2.75, 3.05) is 11.9 Å². The van der Waals surface area contributed by atoms with Crippen molar-refractivity contribution in [3.05, 3.63) is 18.5 Å². The molecule has 0 bridgehead atoms. The third-order valence-electron chi connectivity index (χ3n) is 2.58. The molecule has 0 radical (unpaired) electrons. The highest BCUT2D eigenvalue weighted by Crippen LogP contribution is 2.18. The van der Waals surface area contributed by atoms with E-state index in [-0.39, 0.29) is 5.95 Å². The number of anilines is 1. The van der Waals surface area contributed by atoms with E-state index in [4.69, 9.17) is 5.11 Å². The molecule has 1 atom stereocenters. The SMILES string of the molecule is O=C(O)[C@@H]1CCCN1C(=O)Nc1ncccn1. The number of hydrogen-bond donors (Lipinski definition) is 2. The molecule has 0 aromatic carbocycles. The first-order valence-electron chi connectivity index (χ1n) is 5.26. The van der Waals surface area contributed by atoms with Crippen LogP contribution in [0.4, 0.5) is 10.7 Å². The van der Waals surface area contributed by atoms with E-state index < -0.39 is 18.0 Å². The van der Waals surface area contributed by atoms with Gasteiger partial charge in [-0.25, -0.2) is 19.6 Å². The van der Waals surface area contributed by atoms with Crippen molar-refractivity contribution < 1.29 is 14.7 Å². The summed E-state index contributed by atoms with van der Waals surface area (Å²) in [5, 5.41) is 11.4. The molecule has 7 heteroatoms. The van der Waals surface area contributed by atoms with E-state index >= 15 is 0 Å². The van der Waals surface area contributed by atoms with Crippen molar-refractivity contribution in [1.29, 1.82) is 0 Å². The summed E-state index contributed by atoms with van der Waals surface area (Å²) in [6.07, 6.45) is 4.18. The Balaban J connectivity index is 2.03. The summed E-state index contributed by atoms with van der Waals surface area (Å²) in [4.78, 5) is 31.7. The average molecular weight is 236 g/mol. The van der Waals surface area contributed by atoms with Crippen LogP contribution in [0.3, 0.4) is 0 Å². The van der Waals surface area contributed by atoms with E-state index in [0.29, 0.717) is 19.4 Å². The molecular formula is C10H12N4O3. The number of carboxylic acid groups (broad SMARTS) is 1. The van der Waals surface area contributed by atoms with Gasteiger partial charge in [0.15, 0.2) is 0 Å². The van der Waals surface area contributed by atoms with E-state index in [2.05, 4.69) is 15.3 Å². The molecule has 7 nitrogen and oxygen atoms in total. The second kappa shape index (κ2) is 4.77. The summed E-state index contributed by atoms with van der Waals surface area (Å²) in [6, 6.07) is 0.408. The second-order valence-electron chi connectivity index (χ2n) is 3.69. The molecule has 0 spiro atoms. The molecule has 1 saturated heterocycles. The first kappa shape index (κ1) is 11.3. The molecular weight excluding hydrogens is 224 g/mol. The van der Waals surface area contributed by atoms with E-state index in [9.17, 15) is 9.59 Å². The van der Waals surface area contributed by atoms with Crippen molar-refractivity contribution in [3.63, 3.8) is 0 Å². The van der Waals surface area contributed by atoms with E-state index in [1.54, 1.807) is 6.07 Å². The molecule has 17 heavy (non-hydrogen) atoms. The summed E-state index contributed by atoms with van der Waals surface area (Å²) >= 11 is 0. The maximum absolute atomic E-state index is 11.8. The van der Waals surface area contributed by atoms with Crippen LogP contribution in [0.25, 0.3) is 0 Å². The number of aromatic nitrogens is 2. The van der Waals surface area contributed by atoms with Crippen LogP contribution in [0.1, 0.15) is 12.8 Å². The summed E-state index contributed by atoms with van der Waals surface area (Å²) < 4.78 is 0. The first-order chi connectivity index (χ1) is 8.18. The minimum atomic E-state index is -0.980. The number of rotatable bonds is 2. The van der Waals surface area contributed by atoms with Crippen LogP contribution in [0.5, 0.6) is 0 Å². The largest absolute Gasteiger partial charge is 0.480 e. The van der Waals surface area contributed by atoms with Crippen molar-refractivity contribution in [2.24, 2.45) is 0 Å². The van der Waals surface area contributed by atoms with Gasteiger partial charge in [0.1, 0.15) is 6.04 Å². The van der Waals surface area contributed by atoms with Crippen molar-refractivity contribution in [3.8, 4) is 0 Å². The van der Waals surface area contributed by atoms with E-state index in [1.807, 2.05) is 0 Å². The molecule has 2 heterocycles. The summed E-state index contributed by atoms with van der Waals surface area (Å²) in [5.41, 5.74) is 0. The number of nitrogens with one attached hydrogen (secondary N) is 1. The molecule has 0 aliphatic carbocycles. The van der Waals surface area contributed by atoms with Crippen molar-refractivity contribution in [2.45, 2.75) is 18.9 Å². The van der Waals surface area contributed by atoms with E-state index in [1.165, 1.54) is 17.3 Å². The normalized spacial score (nSPS) is 19.1. The highest BCUT2D eigenvalue weighted by Gasteiger charge is 2.34. The summed E-state index contributed by atoms with van der Waals surface area (Å²) in [6.45, 7) is 0.440. The van der Waals surface area contributed by atoms with Gasteiger partial charge < -0.3 is 10.0 Å². The number of carbonyl (C=O) groups is 2. The number of carbonyl (C=O) groups excluding carboxylic acids is 1. The topological polar surface area (TPSA) is 95.4 Å². The Morgan fingerprint density at radius 3 is 2.76 bits per heavy atom. The number of urea groups is 1. The van der Waals surface area contributed by atoms with Gasteiger partial charge in [-0.3, -0.25) is 5.32 Å². The highest BCUT2D eigenvalue weighted by atomic mass is 16.4. The fourth-order valence-corrected chi connectivity index (χ4v) is 1.80. The molecule has 0 saturated carbocycles. The van der Waals surface area contributed by atoms with Crippen LogP contribution in [-0.4, -0.2) is 44.6 Å². The quantitative estimate of drug-likeness (QED) is 0.782. The molecule has 1 aromatic rings. The Bertz CT molecular complexity index is 423. The Kier molecular flexibility index (Phi) is 3.17. The molecule has 1 aliphatic rings. The van der Waals surface area contributed by atoms with Crippen LogP contribution in [0, 0.1) is 0 Å². The van der Waals surface area contributed by atoms with Gasteiger partial charge in [0, 0.05) is 18.9 Å². The predicted octanol–water partition coefficient (Wildman–Crippen LogP) is 0.557. The average Bonchev–Trinajstić information content (AvgIpc) is 2.79. The molecule has 2 rings (SSSR count). The minimum Gasteiger partial charge on any atom is -0.480 e. The van der Waals surface area contributed by atoms with Gasteiger partial charge in [-0.2, -0.15) is 0 Å². The maximum Gasteiger partial charge on any atom is 0.326 e. The van der Waals surface area contributed by atoms with Crippen molar-refractivity contribution in [1.82, 2.24) is 14.9 Å². The first-order valence-corrected chi connectivity index (χ1v) is 5.26. The third-order valence-corrected chi connectivity index (χ3v) is 2.58. The van der Waals surface area contributed by atoms with Gasteiger partial charge in [0.05, 0.1) is 0 Å². The summed E-state index contributed by atoms with van der Waals surface area (Å²) in [5.74, 6) is -0.805. The predicted molar refractivity (Wildman–Crippen MR) is 58.4 cm³/mol. The molecule has 2 N–H and O–H groups in total. The van der Waals surface area contributed by atoms with Crippen LogP contribution in [-0.2, 0) is 4.79 Å². The number of carboxylic acids is 1. The molecule has 2 amide bonds. The molecule has 0 unspecified atom stereocenters. The molecule has 1 aliphatic heterocycles. The lowest BCUT2D eigenvalue weighted by molar-refractivity contribution is -0.141. The number of amides is 2. The number of hydrogen-bond acceptors (Lipinski definition) is 4. The zero-order chi connectivity index (χ0) is 12.3. The lowest BCUT2D eigenvalue weighted by Gasteiger charge is -2.20. The highest BCUT2D eigenvalue weighted by molar-refractivity contribution is 5.91. The third kappa shape index (κ3) is 2.49. The van der Waals surface area contributed by atoms with Crippen LogP contribution in [0.2, 0.25) is 0 Å². The Morgan fingerprint density at radius 2 is 2.12 bits per heavy atom. The Hall–Kier alpha value is -2.18. The molecule has 1 aromatic heterocycles. The van der Waals surface area contributed by atoms with Crippen LogP contribution < -0.4 is 5.32 Å². The molecule has 1 fully saturated rings.